The first-order valence-electron chi connectivity index (χ1n) is 5.26. The summed E-state index contributed by atoms with van der Waals surface area (Å²) in [5, 5.41) is 10.7. The van der Waals surface area contributed by atoms with Gasteiger partial charge in [-0.25, -0.2) is 4.79 Å². The van der Waals surface area contributed by atoms with Crippen molar-refractivity contribution in [1.82, 2.24) is 0 Å². The Kier molecular flexibility index (Phi) is 5.06. The number of nitro groups is 1. The lowest BCUT2D eigenvalue weighted by atomic mass is 10.2. The second-order valence-corrected chi connectivity index (χ2v) is 3.51. The molecule has 98 valence electrons. The van der Waals surface area contributed by atoms with Gasteiger partial charge in [0, 0.05) is 26.2 Å². The number of nitrogens with zero attached hydrogens (tertiary/aromatic N) is 1. The lowest BCUT2D eigenvalue weighted by Crippen LogP contribution is -2.09. The molecular formula is C11H14N2O5. The lowest BCUT2D eigenvalue weighted by molar-refractivity contribution is -0.383. The molecule has 1 aromatic rings. The molecule has 1 aromatic carbocycles. The van der Waals surface area contributed by atoms with Gasteiger partial charge in [0.25, 0.3) is 5.69 Å². The molecule has 0 fully saturated rings. The lowest BCUT2D eigenvalue weighted by Gasteiger charge is -2.05. The molecule has 0 radical (unpaired) electrons. The standard InChI is InChI=1S/C11H14N2O5/c1-17-5-2-6-18-11(14)8-3-4-9(12)10(7-8)13(15)16/h3-4,7H,2,5-6,12H2,1H3. The molecule has 0 saturated heterocycles. The Morgan fingerprint density at radius 2 is 2.17 bits per heavy atom. The van der Waals surface area contributed by atoms with Crippen LogP contribution in [-0.4, -0.2) is 31.2 Å². The number of nitrogen functional groups attached to an aromatic ring is 1. The average Bonchev–Trinajstić information content (AvgIpc) is 2.34. The largest absolute Gasteiger partial charge is 0.462 e. The third-order valence-electron chi connectivity index (χ3n) is 2.19. The van der Waals surface area contributed by atoms with Crippen molar-refractivity contribution in [2.75, 3.05) is 26.1 Å². The van der Waals surface area contributed by atoms with Crippen molar-refractivity contribution in [1.29, 1.82) is 0 Å². The number of benzene rings is 1. The first-order valence-corrected chi connectivity index (χ1v) is 5.26. The van der Waals surface area contributed by atoms with E-state index < -0.39 is 10.9 Å². The summed E-state index contributed by atoms with van der Waals surface area (Å²) in [5.74, 6) is -0.616. The first-order chi connectivity index (χ1) is 8.56. The van der Waals surface area contributed by atoms with E-state index in [0.717, 1.165) is 6.07 Å². The van der Waals surface area contributed by atoms with E-state index in [1.54, 1.807) is 7.11 Å². The Labute approximate surface area is 104 Å². The number of carbonyl (C=O) groups is 1. The Morgan fingerprint density at radius 1 is 1.44 bits per heavy atom. The molecule has 0 bridgehead atoms. The third kappa shape index (κ3) is 3.70. The molecule has 0 amide bonds. The highest BCUT2D eigenvalue weighted by molar-refractivity contribution is 5.91. The number of esters is 1. The Morgan fingerprint density at radius 3 is 2.78 bits per heavy atom. The van der Waals surface area contributed by atoms with Crippen molar-refractivity contribution >= 4 is 17.3 Å². The fourth-order valence-corrected chi connectivity index (χ4v) is 1.28. The van der Waals surface area contributed by atoms with Crippen LogP contribution in [-0.2, 0) is 9.47 Å². The van der Waals surface area contributed by atoms with Gasteiger partial charge in [-0.2, -0.15) is 0 Å². The molecule has 0 aromatic heterocycles. The molecule has 0 aliphatic carbocycles. The minimum Gasteiger partial charge on any atom is -0.462 e. The normalized spacial score (nSPS) is 10.1. The molecule has 0 aliphatic rings. The number of anilines is 1. The number of hydrogen-bond acceptors (Lipinski definition) is 6. The minimum absolute atomic E-state index is 0.0101. The monoisotopic (exact) mass is 254 g/mol. The maximum absolute atomic E-state index is 11.6. The number of rotatable bonds is 6. The molecule has 0 saturated carbocycles. The zero-order valence-electron chi connectivity index (χ0n) is 9.92. The van der Waals surface area contributed by atoms with Gasteiger partial charge in [0.05, 0.1) is 17.1 Å². The molecule has 0 unspecified atom stereocenters. The molecule has 0 aliphatic heterocycles. The second-order valence-electron chi connectivity index (χ2n) is 3.51. The number of hydrogen-bond donors (Lipinski definition) is 1. The third-order valence-corrected chi connectivity index (χ3v) is 2.19. The summed E-state index contributed by atoms with van der Waals surface area (Å²) in [6.07, 6.45) is 0.569. The fourth-order valence-electron chi connectivity index (χ4n) is 1.28. The van der Waals surface area contributed by atoms with Crippen molar-refractivity contribution in [3.8, 4) is 0 Å². The summed E-state index contributed by atoms with van der Waals surface area (Å²) in [6, 6.07) is 3.80. The van der Waals surface area contributed by atoms with Crippen LogP contribution in [0.2, 0.25) is 0 Å². The van der Waals surface area contributed by atoms with Gasteiger partial charge < -0.3 is 15.2 Å². The minimum atomic E-state index is -0.642. The average molecular weight is 254 g/mol. The summed E-state index contributed by atoms with van der Waals surface area (Å²) < 4.78 is 9.72. The van der Waals surface area contributed by atoms with Crippen molar-refractivity contribution in [3.05, 3.63) is 33.9 Å². The van der Waals surface area contributed by atoms with Crippen LogP contribution in [0.3, 0.4) is 0 Å². The van der Waals surface area contributed by atoms with E-state index in [9.17, 15) is 14.9 Å². The van der Waals surface area contributed by atoms with Crippen molar-refractivity contribution in [2.45, 2.75) is 6.42 Å². The van der Waals surface area contributed by atoms with Gasteiger partial charge in [0.15, 0.2) is 0 Å². The Bertz CT molecular complexity index is 447. The number of methoxy groups -OCH3 is 1. The van der Waals surface area contributed by atoms with Gasteiger partial charge in [-0.15, -0.1) is 0 Å². The predicted molar refractivity (Wildman–Crippen MR) is 64.3 cm³/mol. The van der Waals surface area contributed by atoms with Crippen LogP contribution in [0.15, 0.2) is 18.2 Å². The number of carbonyl (C=O) groups excluding carboxylic acids is 1. The van der Waals surface area contributed by atoms with E-state index in [1.807, 2.05) is 0 Å². The quantitative estimate of drug-likeness (QED) is 0.270. The molecule has 0 heterocycles. The van der Waals surface area contributed by atoms with Crippen molar-refractivity contribution in [2.24, 2.45) is 0 Å². The highest BCUT2D eigenvalue weighted by atomic mass is 16.6. The summed E-state index contributed by atoms with van der Waals surface area (Å²) >= 11 is 0. The number of nitro benzene ring substituents is 1. The summed E-state index contributed by atoms with van der Waals surface area (Å²) in [6.45, 7) is 0.681. The maximum atomic E-state index is 11.6. The van der Waals surface area contributed by atoms with Gasteiger partial charge in [-0.05, 0) is 12.1 Å². The number of nitrogens with two attached hydrogens (primary N) is 1. The van der Waals surface area contributed by atoms with Gasteiger partial charge in [0.2, 0.25) is 0 Å². The van der Waals surface area contributed by atoms with Crippen LogP contribution in [0.5, 0.6) is 0 Å². The van der Waals surface area contributed by atoms with Crippen LogP contribution < -0.4 is 5.73 Å². The summed E-state index contributed by atoms with van der Waals surface area (Å²) in [7, 11) is 1.55. The molecule has 7 heteroatoms. The van der Waals surface area contributed by atoms with Crippen LogP contribution in [0, 0.1) is 10.1 Å². The molecule has 0 atom stereocenters. The van der Waals surface area contributed by atoms with Crippen molar-refractivity contribution in [3.63, 3.8) is 0 Å². The van der Waals surface area contributed by atoms with Crippen molar-refractivity contribution < 1.29 is 19.2 Å². The smallest absolute Gasteiger partial charge is 0.338 e. The molecule has 2 N–H and O–H groups in total. The van der Waals surface area contributed by atoms with Gasteiger partial charge in [0.1, 0.15) is 5.69 Å². The molecule has 1 rings (SSSR count). The first kappa shape index (κ1) is 13.9. The predicted octanol–water partition coefficient (Wildman–Crippen LogP) is 1.37. The highest BCUT2D eigenvalue weighted by Crippen LogP contribution is 2.22. The van der Waals surface area contributed by atoms with Crippen LogP contribution in [0.25, 0.3) is 0 Å². The molecule has 7 nitrogen and oxygen atoms in total. The molecular weight excluding hydrogens is 240 g/mol. The Balaban J connectivity index is 2.68. The van der Waals surface area contributed by atoms with E-state index in [2.05, 4.69) is 0 Å². The van der Waals surface area contributed by atoms with Gasteiger partial charge >= 0.3 is 5.97 Å². The van der Waals surface area contributed by atoms with Crippen LogP contribution >= 0.6 is 0 Å². The van der Waals surface area contributed by atoms with Crippen LogP contribution in [0.4, 0.5) is 11.4 Å². The van der Waals surface area contributed by atoms with E-state index in [4.69, 9.17) is 15.2 Å². The zero-order chi connectivity index (χ0) is 13.5. The Hall–Kier alpha value is -2.15. The number of ether oxygens (including phenoxy) is 2. The van der Waals surface area contributed by atoms with Gasteiger partial charge in [-0.3, -0.25) is 10.1 Å². The van der Waals surface area contributed by atoms with Gasteiger partial charge in [-0.1, -0.05) is 0 Å². The zero-order valence-corrected chi connectivity index (χ0v) is 9.92. The van der Waals surface area contributed by atoms with Crippen LogP contribution in [0.1, 0.15) is 16.8 Å². The second kappa shape index (κ2) is 6.55. The topological polar surface area (TPSA) is 105 Å². The maximum Gasteiger partial charge on any atom is 0.338 e. The van der Waals surface area contributed by atoms with E-state index in [-0.39, 0.29) is 23.5 Å². The highest BCUT2D eigenvalue weighted by Gasteiger charge is 2.16. The fraction of sp³-hybridized carbons (Fsp3) is 0.364. The molecule has 0 spiro atoms. The summed E-state index contributed by atoms with van der Waals surface area (Å²) in [5.41, 5.74) is 5.23. The molecule has 18 heavy (non-hydrogen) atoms. The van der Waals surface area contributed by atoms with E-state index >= 15 is 0 Å². The SMILES string of the molecule is COCCCOC(=O)c1ccc(N)c([N+](=O)[O-])c1. The van der Waals surface area contributed by atoms with E-state index in [1.165, 1.54) is 12.1 Å². The summed E-state index contributed by atoms with van der Waals surface area (Å²) in [4.78, 5) is 21.6. The van der Waals surface area contributed by atoms with E-state index in [0.29, 0.717) is 13.0 Å².